The SMILES string of the molecule is CCC(CC)Cc1cc(-c2[c-]cccc2)ncc1[Si](C)(C)C.Cc1cc2c(nc(-c3[c-]nc4oc5cc(C(C)C)ccc5c4c3)n2-c2ccc(C(C)(C)C)cc2-c2ccccc2)c(C)n1.[Ir]. The van der Waals surface area contributed by atoms with Crippen LogP contribution in [-0.4, -0.2) is 32.6 Å². The number of hydrogen-bond acceptors (Lipinski definition) is 5. The summed E-state index contributed by atoms with van der Waals surface area (Å²) in [4.78, 5) is 19.4. The standard InChI is InChI=1S/C38H35N4O.C20H28NSi.Ir/c1-22(2)26-13-15-29-31-18-27(21-39-37(31)43-34(29)19-26)36-41-35-24(4)40-23(3)17-33(35)42(36)32-16-14-28(38(5,6)7)20-30(32)25-11-9-8-10-12-25;1-6-16(7-2)13-18-14-19(17-11-9-8-10-12-17)21-15-20(18)22(3,4)5;/h8-20,22H,1-7H3;8-11,14-16H,6-7,13H2,1-5H3;/q2*-1;. The van der Waals surface area contributed by atoms with E-state index in [-0.39, 0.29) is 25.5 Å². The van der Waals surface area contributed by atoms with Gasteiger partial charge in [0.1, 0.15) is 11.3 Å². The van der Waals surface area contributed by atoms with Crippen molar-refractivity contribution in [3.8, 4) is 39.5 Å². The number of furan rings is 1. The second kappa shape index (κ2) is 19.7. The van der Waals surface area contributed by atoms with Crippen LogP contribution in [0.15, 0.2) is 120 Å². The maximum atomic E-state index is 6.19. The minimum absolute atomic E-state index is 0. The van der Waals surface area contributed by atoms with Gasteiger partial charge in [-0.25, -0.2) is 0 Å². The van der Waals surface area contributed by atoms with Gasteiger partial charge in [-0.15, -0.1) is 42.0 Å². The van der Waals surface area contributed by atoms with E-state index in [0.29, 0.717) is 11.6 Å². The molecule has 5 aromatic heterocycles. The molecule has 0 atom stereocenters. The van der Waals surface area contributed by atoms with E-state index in [1.807, 2.05) is 26.0 Å². The maximum Gasteiger partial charge on any atom is 0.141 e. The maximum absolute atomic E-state index is 6.19. The van der Waals surface area contributed by atoms with Gasteiger partial charge in [0, 0.05) is 48.6 Å². The fourth-order valence-corrected chi connectivity index (χ4v) is 10.5. The zero-order valence-corrected chi connectivity index (χ0v) is 44.1. The predicted octanol–water partition coefficient (Wildman–Crippen LogP) is 15.0. The average Bonchev–Trinajstić information content (AvgIpc) is 3.86. The number of pyridine rings is 3. The van der Waals surface area contributed by atoms with Crippen molar-refractivity contribution >= 4 is 46.4 Å². The minimum atomic E-state index is -1.37. The van der Waals surface area contributed by atoms with Gasteiger partial charge in [-0.2, -0.15) is 0 Å². The van der Waals surface area contributed by atoms with Crippen molar-refractivity contribution in [2.24, 2.45) is 5.92 Å². The Balaban J connectivity index is 0.000000239. The fraction of sp³-hybridized carbons (Fsp3) is 0.310. The summed E-state index contributed by atoms with van der Waals surface area (Å²) in [6, 6.07) is 41.8. The molecule has 6 nitrogen and oxygen atoms in total. The van der Waals surface area contributed by atoms with E-state index in [1.54, 1.807) is 0 Å². The van der Waals surface area contributed by atoms with E-state index in [9.17, 15) is 0 Å². The van der Waals surface area contributed by atoms with E-state index in [1.165, 1.54) is 41.1 Å². The first-order valence-electron chi connectivity index (χ1n) is 23.3. The number of aromatic nitrogens is 5. The molecular formula is C58H63IrN5OSi-2. The van der Waals surface area contributed by atoms with Gasteiger partial charge in [0.05, 0.1) is 30.6 Å². The molecule has 5 heterocycles. The first-order chi connectivity index (χ1) is 31.0. The van der Waals surface area contributed by atoms with Crippen LogP contribution >= 0.6 is 0 Å². The van der Waals surface area contributed by atoms with Crippen LogP contribution in [0.4, 0.5) is 0 Å². The third-order valence-electron chi connectivity index (χ3n) is 12.8. The van der Waals surface area contributed by atoms with Crippen LogP contribution < -0.4 is 5.19 Å². The number of rotatable bonds is 10. The van der Waals surface area contributed by atoms with Crippen LogP contribution in [0, 0.1) is 32.0 Å². The molecule has 0 aliphatic rings. The summed E-state index contributed by atoms with van der Waals surface area (Å²) >= 11 is 0. The van der Waals surface area contributed by atoms with Gasteiger partial charge >= 0.3 is 0 Å². The van der Waals surface area contributed by atoms with Crippen LogP contribution in [0.3, 0.4) is 0 Å². The Morgan fingerprint density at radius 1 is 0.788 bits per heavy atom. The summed E-state index contributed by atoms with van der Waals surface area (Å²) in [5, 5.41) is 3.51. The predicted molar refractivity (Wildman–Crippen MR) is 275 cm³/mol. The third-order valence-corrected chi connectivity index (χ3v) is 14.9. The van der Waals surface area contributed by atoms with E-state index in [0.717, 1.165) is 84.2 Å². The summed E-state index contributed by atoms with van der Waals surface area (Å²) in [6.07, 6.45) is 9.09. The first-order valence-corrected chi connectivity index (χ1v) is 26.8. The van der Waals surface area contributed by atoms with Gasteiger partial charge < -0.3 is 19.0 Å². The molecule has 0 N–H and O–H groups in total. The number of fused-ring (bicyclic) bond motifs is 4. The van der Waals surface area contributed by atoms with Crippen molar-refractivity contribution < 1.29 is 24.5 Å². The summed E-state index contributed by atoms with van der Waals surface area (Å²) in [7, 11) is -1.37. The van der Waals surface area contributed by atoms with Crippen molar-refractivity contribution in [2.45, 2.75) is 113 Å². The van der Waals surface area contributed by atoms with Crippen LogP contribution in [0.5, 0.6) is 0 Å². The van der Waals surface area contributed by atoms with E-state index in [2.05, 4.69) is 193 Å². The van der Waals surface area contributed by atoms with Gasteiger partial charge in [0.2, 0.25) is 0 Å². The fourth-order valence-electron chi connectivity index (χ4n) is 8.88. The molecule has 0 unspecified atom stereocenters. The van der Waals surface area contributed by atoms with Gasteiger partial charge in [0.25, 0.3) is 0 Å². The molecule has 0 aliphatic carbocycles. The molecule has 8 heteroatoms. The number of nitrogens with zero attached hydrogens (tertiary/aromatic N) is 5. The summed E-state index contributed by atoms with van der Waals surface area (Å²) < 4.78 is 8.44. The molecular weight excluding hydrogens is 1000 g/mol. The van der Waals surface area contributed by atoms with Crippen LogP contribution in [0.2, 0.25) is 19.6 Å². The van der Waals surface area contributed by atoms with Crippen LogP contribution in [0.25, 0.3) is 72.6 Å². The van der Waals surface area contributed by atoms with Gasteiger partial charge in [-0.05, 0) is 101 Å². The molecule has 0 saturated heterocycles. The molecule has 0 aliphatic heterocycles. The minimum Gasteiger partial charge on any atom is -0.483 e. The number of hydrogen-bond donors (Lipinski definition) is 0. The molecule has 9 aromatic rings. The van der Waals surface area contributed by atoms with Crippen molar-refractivity contribution in [3.63, 3.8) is 0 Å². The van der Waals surface area contributed by atoms with Crippen molar-refractivity contribution in [2.75, 3.05) is 0 Å². The van der Waals surface area contributed by atoms with E-state index in [4.69, 9.17) is 19.4 Å². The topological polar surface area (TPSA) is 69.6 Å². The Hall–Kier alpha value is -5.53. The molecule has 0 bridgehead atoms. The summed E-state index contributed by atoms with van der Waals surface area (Å²) in [5.74, 6) is 1.95. The molecule has 1 radical (unpaired) electrons. The number of benzene rings is 4. The number of aryl methyl sites for hydroxylation is 2. The second-order valence-electron chi connectivity index (χ2n) is 20.0. The Morgan fingerprint density at radius 2 is 1.53 bits per heavy atom. The van der Waals surface area contributed by atoms with Crippen LogP contribution in [-0.2, 0) is 31.9 Å². The molecule has 0 spiro atoms. The van der Waals surface area contributed by atoms with E-state index < -0.39 is 8.07 Å². The largest absolute Gasteiger partial charge is 0.483 e. The average molecular weight is 1070 g/mol. The number of imidazole rings is 1. The van der Waals surface area contributed by atoms with Crippen molar-refractivity contribution in [1.29, 1.82) is 0 Å². The third kappa shape index (κ3) is 10.1. The normalized spacial score (nSPS) is 12.0. The molecule has 0 fully saturated rings. The Morgan fingerprint density at radius 3 is 2.20 bits per heavy atom. The molecule has 66 heavy (non-hydrogen) atoms. The van der Waals surface area contributed by atoms with Crippen molar-refractivity contribution in [1.82, 2.24) is 24.5 Å². The van der Waals surface area contributed by atoms with Crippen LogP contribution in [0.1, 0.15) is 95.3 Å². The molecule has 0 amide bonds. The van der Waals surface area contributed by atoms with Gasteiger partial charge in [0.15, 0.2) is 0 Å². The van der Waals surface area contributed by atoms with Gasteiger partial charge in [-0.1, -0.05) is 147 Å². The Labute approximate surface area is 406 Å². The molecule has 341 valence electrons. The zero-order chi connectivity index (χ0) is 46.2. The first kappa shape index (κ1) is 48.4. The van der Waals surface area contributed by atoms with E-state index >= 15 is 0 Å². The second-order valence-corrected chi connectivity index (χ2v) is 25.0. The smallest absolute Gasteiger partial charge is 0.141 e. The quantitative estimate of drug-likeness (QED) is 0.101. The monoisotopic (exact) mass is 1070 g/mol. The Kier molecular flexibility index (Phi) is 14.5. The summed E-state index contributed by atoms with van der Waals surface area (Å²) in [6.45, 7) is 27.0. The molecule has 0 saturated carbocycles. The molecule has 9 rings (SSSR count). The Bertz CT molecular complexity index is 3120. The van der Waals surface area contributed by atoms with Crippen molar-refractivity contribution in [3.05, 3.63) is 156 Å². The molecule has 4 aromatic carbocycles. The van der Waals surface area contributed by atoms with Gasteiger partial charge in [-0.3, -0.25) is 9.97 Å². The zero-order valence-electron chi connectivity index (χ0n) is 40.7. The summed E-state index contributed by atoms with van der Waals surface area (Å²) in [5.41, 5.74) is 15.5.